The van der Waals surface area contributed by atoms with Gasteiger partial charge in [-0.15, -0.1) is 11.6 Å². The Balaban J connectivity index is 4.45. The van der Waals surface area contributed by atoms with Gasteiger partial charge >= 0.3 is 0 Å². The van der Waals surface area contributed by atoms with E-state index in [0.29, 0.717) is 6.42 Å². The van der Waals surface area contributed by atoms with Crippen LogP contribution in [0.2, 0.25) is 0 Å². The van der Waals surface area contributed by atoms with Gasteiger partial charge in [-0.05, 0) is 6.42 Å². The van der Waals surface area contributed by atoms with Crippen molar-refractivity contribution in [1.29, 1.82) is 0 Å². The molecule has 0 radical (unpaired) electrons. The zero-order valence-corrected chi connectivity index (χ0v) is 9.33. The number of hydrogen-bond acceptors (Lipinski definition) is 0. The van der Waals surface area contributed by atoms with Gasteiger partial charge in [-0.1, -0.05) is 53.3 Å². The van der Waals surface area contributed by atoms with Crippen molar-refractivity contribution >= 4 is 58.0 Å². The number of alkyl halides is 6. The third-order valence-corrected chi connectivity index (χ3v) is 4.02. The Bertz CT molecular complexity index is 129. The van der Waals surface area contributed by atoms with Gasteiger partial charge in [0, 0.05) is 0 Å². The highest BCUT2D eigenvalue weighted by Gasteiger charge is 2.52. The minimum atomic E-state index is -2.74. The quantitative estimate of drug-likeness (QED) is 0.666. The molecule has 1 unspecified atom stereocenters. The summed E-state index contributed by atoms with van der Waals surface area (Å²) >= 11 is 26.6. The van der Waals surface area contributed by atoms with Gasteiger partial charge in [0.05, 0.1) is 5.38 Å². The van der Waals surface area contributed by atoms with Crippen LogP contribution < -0.4 is 0 Å². The SMILES string of the molecule is CCC(Cl)C(Cl)(Cl)C(F)(Cl)Cl. The number of halogens is 6. The van der Waals surface area contributed by atoms with Gasteiger partial charge in [0.2, 0.25) is 0 Å². The molecule has 0 bridgehead atoms. The highest BCUT2D eigenvalue weighted by Crippen LogP contribution is 2.48. The Hall–Kier alpha value is 1.38. The van der Waals surface area contributed by atoms with Gasteiger partial charge in [-0.3, -0.25) is 0 Å². The maximum absolute atomic E-state index is 12.8. The second-order valence-electron chi connectivity index (χ2n) is 2.00. The van der Waals surface area contributed by atoms with Crippen molar-refractivity contribution < 1.29 is 4.39 Å². The molecule has 0 aliphatic rings. The van der Waals surface area contributed by atoms with Crippen LogP contribution in [0.4, 0.5) is 4.39 Å². The molecule has 68 valence electrons. The average Bonchev–Trinajstić information content (AvgIpc) is 1.83. The molecule has 0 fully saturated rings. The van der Waals surface area contributed by atoms with E-state index in [1.54, 1.807) is 6.92 Å². The van der Waals surface area contributed by atoms with E-state index in [4.69, 9.17) is 58.0 Å². The van der Waals surface area contributed by atoms with Crippen LogP contribution in [0, 0.1) is 0 Å². The van der Waals surface area contributed by atoms with Crippen LogP contribution in [0.1, 0.15) is 13.3 Å². The van der Waals surface area contributed by atoms with Gasteiger partial charge in [0.15, 0.2) is 4.33 Å². The molecule has 0 saturated carbocycles. The first-order chi connectivity index (χ1) is 4.73. The van der Waals surface area contributed by atoms with Gasteiger partial charge in [-0.2, -0.15) is 0 Å². The van der Waals surface area contributed by atoms with Gasteiger partial charge < -0.3 is 0 Å². The summed E-state index contributed by atoms with van der Waals surface area (Å²) in [4.78, 5) is 0. The molecule has 0 aliphatic carbocycles. The van der Waals surface area contributed by atoms with Crippen molar-refractivity contribution in [1.82, 2.24) is 0 Å². The van der Waals surface area contributed by atoms with E-state index in [1.807, 2.05) is 0 Å². The highest BCUT2D eigenvalue weighted by atomic mass is 35.5. The van der Waals surface area contributed by atoms with Gasteiger partial charge in [-0.25, -0.2) is 4.39 Å². The van der Waals surface area contributed by atoms with E-state index < -0.39 is 14.3 Å². The molecule has 6 heteroatoms. The number of rotatable bonds is 3. The monoisotopic (exact) mass is 260 g/mol. The zero-order chi connectivity index (χ0) is 9.28. The second kappa shape index (κ2) is 4.06. The molecule has 0 rings (SSSR count). The van der Waals surface area contributed by atoms with Crippen LogP contribution in [0.5, 0.6) is 0 Å². The fourth-order valence-corrected chi connectivity index (χ4v) is 1.27. The normalized spacial score (nSPS) is 16.6. The largest absolute Gasteiger partial charge is 0.291 e. The first-order valence-corrected chi connectivity index (χ1v) is 4.77. The van der Waals surface area contributed by atoms with Gasteiger partial charge in [0.25, 0.3) is 4.59 Å². The molecule has 11 heavy (non-hydrogen) atoms. The van der Waals surface area contributed by atoms with Crippen molar-refractivity contribution in [3.63, 3.8) is 0 Å². The molecule has 0 aromatic heterocycles. The van der Waals surface area contributed by atoms with Crippen LogP contribution >= 0.6 is 58.0 Å². The summed E-state index contributed by atoms with van der Waals surface area (Å²) in [6, 6.07) is 0. The Kier molecular flexibility index (Phi) is 4.57. The van der Waals surface area contributed by atoms with Crippen molar-refractivity contribution in [2.24, 2.45) is 0 Å². The van der Waals surface area contributed by atoms with Gasteiger partial charge in [0.1, 0.15) is 0 Å². The fraction of sp³-hybridized carbons (Fsp3) is 1.00. The molecule has 0 aliphatic heterocycles. The smallest absolute Gasteiger partial charge is 0.205 e. The summed E-state index contributed by atoms with van der Waals surface area (Å²) in [6.07, 6.45) is 0.375. The molecular formula is C5H6Cl5F. The second-order valence-corrected chi connectivity index (χ2v) is 5.14. The molecule has 0 spiro atoms. The molecule has 0 aromatic carbocycles. The van der Waals surface area contributed by atoms with Crippen LogP contribution in [0.25, 0.3) is 0 Å². The standard InChI is InChI=1S/C5H6Cl5F/c1-2-3(6)4(7,8)5(9,10)11/h3H,2H2,1H3. The summed E-state index contributed by atoms with van der Waals surface area (Å²) in [5, 5.41) is -0.828. The molecule has 0 aromatic rings. The van der Waals surface area contributed by atoms with Crippen LogP contribution in [-0.4, -0.2) is 14.3 Å². The molecule has 0 N–H and O–H groups in total. The van der Waals surface area contributed by atoms with E-state index in [0.717, 1.165) is 0 Å². The molecule has 0 heterocycles. The van der Waals surface area contributed by atoms with Crippen molar-refractivity contribution in [2.75, 3.05) is 0 Å². The fourth-order valence-electron chi connectivity index (χ4n) is 0.434. The van der Waals surface area contributed by atoms with E-state index in [1.165, 1.54) is 0 Å². The summed E-state index contributed by atoms with van der Waals surface area (Å²) in [5.41, 5.74) is 0. The summed E-state index contributed by atoms with van der Waals surface area (Å²) in [7, 11) is 0. The molecule has 0 saturated heterocycles. The summed E-state index contributed by atoms with van der Waals surface area (Å²) < 4.78 is 8.07. The maximum atomic E-state index is 12.8. The maximum Gasteiger partial charge on any atom is 0.291 e. The summed E-state index contributed by atoms with van der Waals surface area (Å²) in [5.74, 6) is 0. The molecular weight excluding hydrogens is 256 g/mol. The molecule has 1 atom stereocenters. The van der Waals surface area contributed by atoms with Crippen molar-refractivity contribution in [3.8, 4) is 0 Å². The Morgan fingerprint density at radius 3 is 1.73 bits per heavy atom. The lowest BCUT2D eigenvalue weighted by molar-refractivity contribution is 0.346. The van der Waals surface area contributed by atoms with Crippen LogP contribution in [0.15, 0.2) is 0 Å². The predicted molar refractivity (Wildman–Crippen MR) is 49.9 cm³/mol. The minimum Gasteiger partial charge on any atom is -0.205 e. The Morgan fingerprint density at radius 1 is 1.27 bits per heavy atom. The third kappa shape index (κ3) is 2.96. The van der Waals surface area contributed by atoms with E-state index in [2.05, 4.69) is 0 Å². The topological polar surface area (TPSA) is 0 Å². The van der Waals surface area contributed by atoms with Crippen LogP contribution in [0.3, 0.4) is 0 Å². The predicted octanol–water partition coefficient (Wildman–Crippen LogP) is 4.28. The van der Waals surface area contributed by atoms with Crippen molar-refractivity contribution in [2.45, 2.75) is 27.6 Å². The molecule has 0 nitrogen and oxygen atoms in total. The Labute approximate surface area is 89.9 Å². The lowest BCUT2D eigenvalue weighted by Crippen LogP contribution is -2.40. The first-order valence-electron chi connectivity index (χ1n) is 2.82. The van der Waals surface area contributed by atoms with Crippen LogP contribution in [-0.2, 0) is 0 Å². The lowest BCUT2D eigenvalue weighted by Gasteiger charge is -2.29. The average molecular weight is 262 g/mol. The minimum absolute atomic E-state index is 0.375. The van der Waals surface area contributed by atoms with Crippen molar-refractivity contribution in [3.05, 3.63) is 0 Å². The number of hydrogen-bond donors (Lipinski definition) is 0. The Morgan fingerprint density at radius 2 is 1.64 bits per heavy atom. The third-order valence-electron chi connectivity index (χ3n) is 1.13. The first kappa shape index (κ1) is 12.4. The van der Waals surface area contributed by atoms with E-state index in [-0.39, 0.29) is 0 Å². The molecule has 0 amide bonds. The zero-order valence-electron chi connectivity index (χ0n) is 5.55. The lowest BCUT2D eigenvalue weighted by atomic mass is 10.2. The van der Waals surface area contributed by atoms with E-state index >= 15 is 0 Å². The van der Waals surface area contributed by atoms with E-state index in [9.17, 15) is 4.39 Å². The summed E-state index contributed by atoms with van der Waals surface area (Å²) in [6.45, 7) is 1.69. The highest BCUT2D eigenvalue weighted by molar-refractivity contribution is 6.63.